The molecule has 1 aliphatic rings. The maximum absolute atomic E-state index is 14.2. The first-order valence-corrected chi connectivity index (χ1v) is 13.4. The summed E-state index contributed by atoms with van der Waals surface area (Å²) in [6, 6.07) is 13.3. The van der Waals surface area contributed by atoms with Crippen molar-refractivity contribution in [2.75, 3.05) is 14.2 Å². The molecule has 11 heteroatoms. The van der Waals surface area contributed by atoms with Crippen molar-refractivity contribution in [2.45, 2.75) is 31.3 Å². The minimum absolute atomic E-state index is 0.0394. The van der Waals surface area contributed by atoms with Crippen LogP contribution in [0, 0.1) is 5.92 Å². The summed E-state index contributed by atoms with van der Waals surface area (Å²) < 4.78 is 15.7. The van der Waals surface area contributed by atoms with Crippen LogP contribution in [0.1, 0.15) is 44.9 Å². The van der Waals surface area contributed by atoms with Gasteiger partial charge in [0.25, 0.3) is 0 Å². The molecule has 0 bridgehead atoms. The van der Waals surface area contributed by atoms with E-state index < -0.39 is 40.8 Å². The van der Waals surface area contributed by atoms with Gasteiger partial charge >= 0.3 is 0 Å². The largest absolute Gasteiger partial charge is 0.512 e. The molecule has 224 valence electrons. The zero-order valence-corrected chi connectivity index (χ0v) is 23.4. The molecule has 11 nitrogen and oxygen atoms in total. The third-order valence-corrected chi connectivity index (χ3v) is 7.71. The summed E-state index contributed by atoms with van der Waals surface area (Å²) in [5, 5.41) is 69.0. The minimum Gasteiger partial charge on any atom is -0.512 e. The average molecular weight is 590 g/mol. The Bertz CT molecular complexity index is 1690. The first kappa shape index (κ1) is 29.3. The fourth-order valence-corrected chi connectivity index (χ4v) is 5.62. The number of hydrogen-bond donors (Lipinski definition) is 6. The van der Waals surface area contributed by atoms with Gasteiger partial charge in [-0.3, -0.25) is 4.79 Å². The number of methoxy groups -OCH3 is 2. The third kappa shape index (κ3) is 5.54. The van der Waals surface area contributed by atoms with Gasteiger partial charge in [-0.25, -0.2) is 0 Å². The fraction of sp³-hybridized carbons (Fsp3) is 0.250. The summed E-state index contributed by atoms with van der Waals surface area (Å²) in [5.74, 6) is -3.12. The lowest BCUT2D eigenvalue weighted by atomic mass is 9.69. The second kappa shape index (κ2) is 11.6. The minimum atomic E-state index is -2.12. The second-order valence-electron chi connectivity index (χ2n) is 10.4. The number of phenolic OH excluding ortho intramolecular Hbond substituents is 4. The maximum Gasteiger partial charge on any atom is 0.176 e. The van der Waals surface area contributed by atoms with E-state index in [2.05, 4.69) is 5.16 Å². The second-order valence-corrected chi connectivity index (χ2v) is 10.4. The standard InChI is InChI=1S/C32H31NO10/c1-41-26-10-7-17(13-24(26)37)6-9-21-30-28(43-33-21)15-19(34)16-32(30,40)20(12-18-8-11-27(42-2)25(38)14-18)31(39)29-22(35)4-3-5-23(29)36/h3-5,7-8,10-11,13-15,20,34-38,40H,6,9,12,16H2,1-2H3. The van der Waals surface area contributed by atoms with E-state index in [0.29, 0.717) is 23.4 Å². The predicted octanol–water partition coefficient (Wildman–Crippen LogP) is 4.53. The van der Waals surface area contributed by atoms with Gasteiger partial charge in [-0.1, -0.05) is 23.4 Å². The van der Waals surface area contributed by atoms with E-state index >= 15 is 0 Å². The third-order valence-electron chi connectivity index (χ3n) is 7.71. The van der Waals surface area contributed by atoms with Crippen molar-refractivity contribution >= 4 is 11.9 Å². The molecule has 1 heterocycles. The van der Waals surface area contributed by atoms with E-state index in [1.54, 1.807) is 24.3 Å². The number of aromatic hydroxyl groups is 4. The number of aliphatic hydroxyl groups excluding tert-OH is 1. The van der Waals surface area contributed by atoms with Gasteiger partial charge in [0.05, 0.1) is 37.2 Å². The van der Waals surface area contributed by atoms with Crippen LogP contribution in [0.15, 0.2) is 64.9 Å². The van der Waals surface area contributed by atoms with Gasteiger partial charge in [0.1, 0.15) is 22.7 Å². The van der Waals surface area contributed by atoms with E-state index in [0.717, 1.165) is 5.56 Å². The van der Waals surface area contributed by atoms with Crippen LogP contribution in [-0.4, -0.2) is 55.8 Å². The monoisotopic (exact) mass is 589 g/mol. The highest BCUT2D eigenvalue weighted by Crippen LogP contribution is 2.47. The number of carbonyl (C=O) groups excluding carboxylic acids is 1. The van der Waals surface area contributed by atoms with Crippen LogP contribution in [0.4, 0.5) is 0 Å². The highest BCUT2D eigenvalue weighted by Gasteiger charge is 2.50. The number of rotatable bonds is 10. The lowest BCUT2D eigenvalue weighted by Crippen LogP contribution is -2.44. The van der Waals surface area contributed by atoms with E-state index in [-0.39, 0.29) is 47.2 Å². The highest BCUT2D eigenvalue weighted by molar-refractivity contribution is 6.03. The van der Waals surface area contributed by atoms with Crippen molar-refractivity contribution in [3.05, 3.63) is 94.1 Å². The van der Waals surface area contributed by atoms with Gasteiger partial charge in [0.2, 0.25) is 0 Å². The van der Waals surface area contributed by atoms with Crippen molar-refractivity contribution in [3.63, 3.8) is 0 Å². The van der Waals surface area contributed by atoms with E-state index in [1.807, 2.05) is 0 Å². The molecule has 1 aliphatic carbocycles. The molecular formula is C32H31NO10. The molecule has 0 fully saturated rings. The number of ketones is 1. The zero-order valence-electron chi connectivity index (χ0n) is 23.4. The number of ether oxygens (including phenoxy) is 2. The SMILES string of the molecule is COc1ccc(CCc2noc3c2C(O)(C(Cc2ccc(OC)c(O)c2)C(=O)c2c(O)cccc2O)CC(O)=C3)cc1O. The normalized spacial score (nSPS) is 16.7. The maximum atomic E-state index is 14.2. The van der Waals surface area contributed by atoms with Gasteiger partial charge in [-0.15, -0.1) is 0 Å². The molecule has 1 aromatic heterocycles. The van der Waals surface area contributed by atoms with Crippen LogP contribution < -0.4 is 9.47 Å². The molecule has 0 aliphatic heterocycles. The number of carbonyl (C=O) groups is 1. The Morgan fingerprint density at radius 3 is 2.09 bits per heavy atom. The zero-order chi connectivity index (χ0) is 30.9. The Morgan fingerprint density at radius 2 is 1.49 bits per heavy atom. The first-order valence-electron chi connectivity index (χ1n) is 13.4. The van der Waals surface area contributed by atoms with Crippen molar-refractivity contribution in [1.82, 2.24) is 5.16 Å². The molecule has 0 radical (unpaired) electrons. The predicted molar refractivity (Wildman–Crippen MR) is 154 cm³/mol. The molecule has 5 rings (SSSR count). The molecular weight excluding hydrogens is 558 g/mol. The topological polar surface area (TPSA) is 183 Å². The molecule has 6 N–H and O–H groups in total. The van der Waals surface area contributed by atoms with Crippen LogP contribution in [0.2, 0.25) is 0 Å². The molecule has 2 unspecified atom stereocenters. The fourth-order valence-electron chi connectivity index (χ4n) is 5.62. The van der Waals surface area contributed by atoms with Crippen LogP contribution in [-0.2, 0) is 24.9 Å². The Balaban J connectivity index is 1.59. The molecule has 0 spiro atoms. The van der Waals surface area contributed by atoms with Crippen LogP contribution in [0.5, 0.6) is 34.5 Å². The number of Topliss-reactive ketones (excluding diaryl/α,β-unsaturated/α-hetero) is 1. The Hall–Kier alpha value is -5.16. The molecule has 43 heavy (non-hydrogen) atoms. The number of aryl methyl sites for hydroxylation is 2. The van der Waals surface area contributed by atoms with Crippen molar-refractivity contribution in [1.29, 1.82) is 0 Å². The van der Waals surface area contributed by atoms with Crippen molar-refractivity contribution in [3.8, 4) is 34.5 Å². The molecule has 2 atom stereocenters. The Morgan fingerprint density at radius 1 is 0.884 bits per heavy atom. The molecule has 0 saturated carbocycles. The van der Waals surface area contributed by atoms with Crippen LogP contribution in [0.3, 0.4) is 0 Å². The summed E-state index contributed by atoms with van der Waals surface area (Å²) in [5.41, 5.74) is -0.855. The number of hydrogen-bond acceptors (Lipinski definition) is 11. The highest BCUT2D eigenvalue weighted by atomic mass is 16.5. The Kier molecular flexibility index (Phi) is 7.92. The molecule has 0 saturated heterocycles. The number of nitrogens with zero attached hydrogens (tertiary/aromatic N) is 1. The molecule has 4 aromatic rings. The van der Waals surface area contributed by atoms with Gasteiger partial charge in [-0.2, -0.15) is 0 Å². The van der Waals surface area contributed by atoms with Gasteiger partial charge in [0, 0.05) is 12.5 Å². The summed E-state index contributed by atoms with van der Waals surface area (Å²) >= 11 is 0. The molecule has 3 aromatic carbocycles. The summed E-state index contributed by atoms with van der Waals surface area (Å²) in [6.07, 6.45) is 1.34. The number of benzene rings is 3. The van der Waals surface area contributed by atoms with Gasteiger partial charge in [0.15, 0.2) is 34.5 Å². The summed E-state index contributed by atoms with van der Waals surface area (Å²) in [7, 11) is 2.84. The quantitative estimate of drug-likeness (QED) is 0.143. The summed E-state index contributed by atoms with van der Waals surface area (Å²) in [4.78, 5) is 14.2. The van der Waals surface area contributed by atoms with Crippen LogP contribution in [0.25, 0.3) is 6.08 Å². The van der Waals surface area contributed by atoms with E-state index in [9.17, 15) is 35.4 Å². The number of aromatic nitrogens is 1. The van der Waals surface area contributed by atoms with Crippen molar-refractivity contribution in [2.24, 2.45) is 5.92 Å². The lowest BCUT2D eigenvalue weighted by molar-refractivity contribution is -0.0247. The van der Waals surface area contributed by atoms with Gasteiger partial charge < -0.3 is 44.6 Å². The number of fused-ring (bicyclic) bond motifs is 1. The van der Waals surface area contributed by atoms with Gasteiger partial charge in [-0.05, 0) is 66.8 Å². The van der Waals surface area contributed by atoms with Crippen molar-refractivity contribution < 1.29 is 49.4 Å². The summed E-state index contributed by atoms with van der Waals surface area (Å²) in [6.45, 7) is 0. The average Bonchev–Trinajstić information content (AvgIpc) is 3.38. The first-order chi connectivity index (χ1) is 20.5. The Labute approximate surface area is 246 Å². The lowest BCUT2D eigenvalue weighted by Gasteiger charge is -2.37. The smallest absolute Gasteiger partial charge is 0.176 e. The van der Waals surface area contributed by atoms with E-state index in [4.69, 9.17) is 14.0 Å². The number of aliphatic hydroxyl groups is 2. The number of phenols is 4. The van der Waals surface area contributed by atoms with Crippen LogP contribution >= 0.6 is 0 Å². The molecule has 0 amide bonds. The van der Waals surface area contributed by atoms with E-state index in [1.165, 1.54) is 50.6 Å².